The van der Waals surface area contributed by atoms with Crippen molar-refractivity contribution in [2.24, 2.45) is 0 Å². The summed E-state index contributed by atoms with van der Waals surface area (Å²) in [6.07, 6.45) is 1.89. The lowest BCUT2D eigenvalue weighted by molar-refractivity contribution is -0.131. The number of hydrogen-bond donors (Lipinski definition) is 0. The van der Waals surface area contributed by atoms with Crippen molar-refractivity contribution in [2.75, 3.05) is 0 Å². The van der Waals surface area contributed by atoms with Crippen LogP contribution >= 0.6 is 0 Å². The third-order valence-electron chi connectivity index (χ3n) is 1.34. The average Bonchev–Trinajstić information content (AvgIpc) is 1.90. The first-order valence-corrected chi connectivity index (χ1v) is 2.94. The summed E-state index contributed by atoms with van der Waals surface area (Å²) in [4.78, 5) is 21.2. The Labute approximate surface area is 54.6 Å². The van der Waals surface area contributed by atoms with Crippen molar-refractivity contribution < 1.29 is 9.59 Å². The van der Waals surface area contributed by atoms with Gasteiger partial charge in [0.2, 0.25) is 12.8 Å². The van der Waals surface area contributed by atoms with E-state index in [9.17, 15) is 9.59 Å². The predicted octanol–water partition coefficient (Wildman–Crippen LogP) is 0.400. The van der Waals surface area contributed by atoms with Gasteiger partial charge in [0.1, 0.15) is 0 Å². The standard InChI is InChI=1S/C6H11NO2/c1-3-6(2)7(4-8)5-9/h4-6H,3H2,1-2H3. The van der Waals surface area contributed by atoms with Crippen LogP contribution in [0.4, 0.5) is 0 Å². The Morgan fingerprint density at radius 1 is 1.44 bits per heavy atom. The molecule has 0 aliphatic heterocycles. The predicted molar refractivity (Wildman–Crippen MR) is 33.7 cm³/mol. The van der Waals surface area contributed by atoms with E-state index in [0.29, 0.717) is 12.8 Å². The minimum atomic E-state index is 0.0278. The van der Waals surface area contributed by atoms with Gasteiger partial charge in [0.25, 0.3) is 0 Å². The molecule has 0 aromatic heterocycles. The van der Waals surface area contributed by atoms with Crippen molar-refractivity contribution in [2.45, 2.75) is 26.3 Å². The Balaban J connectivity index is 3.77. The maximum absolute atomic E-state index is 10.0. The van der Waals surface area contributed by atoms with Gasteiger partial charge < -0.3 is 0 Å². The summed E-state index contributed by atoms with van der Waals surface area (Å²) in [5.74, 6) is 0. The van der Waals surface area contributed by atoms with Crippen LogP contribution in [0, 0.1) is 0 Å². The van der Waals surface area contributed by atoms with Crippen molar-refractivity contribution in [1.82, 2.24) is 4.90 Å². The highest BCUT2D eigenvalue weighted by Gasteiger charge is 2.05. The maximum atomic E-state index is 10.0. The fraction of sp³-hybridized carbons (Fsp3) is 0.667. The molecule has 0 fully saturated rings. The monoisotopic (exact) mass is 129 g/mol. The quantitative estimate of drug-likeness (QED) is 0.515. The van der Waals surface area contributed by atoms with Crippen LogP contribution in [0.15, 0.2) is 0 Å². The second kappa shape index (κ2) is 4.06. The molecule has 0 saturated heterocycles. The topological polar surface area (TPSA) is 37.4 Å². The zero-order valence-electron chi connectivity index (χ0n) is 5.70. The van der Waals surface area contributed by atoms with E-state index in [1.54, 1.807) is 0 Å². The van der Waals surface area contributed by atoms with Crippen molar-refractivity contribution in [3.05, 3.63) is 0 Å². The van der Waals surface area contributed by atoms with E-state index in [0.717, 1.165) is 11.3 Å². The number of carbonyl (C=O) groups excluding carboxylic acids is 2. The number of rotatable bonds is 4. The SMILES string of the molecule is CCC(C)N(C=O)C=O. The first kappa shape index (κ1) is 8.14. The van der Waals surface area contributed by atoms with Crippen LogP contribution < -0.4 is 0 Å². The summed E-state index contributed by atoms with van der Waals surface area (Å²) in [5, 5.41) is 0. The van der Waals surface area contributed by atoms with Crippen molar-refractivity contribution in [3.63, 3.8) is 0 Å². The summed E-state index contributed by atoms with van der Waals surface area (Å²) in [5.41, 5.74) is 0. The lowest BCUT2D eigenvalue weighted by Crippen LogP contribution is -2.29. The third-order valence-corrected chi connectivity index (χ3v) is 1.34. The summed E-state index contributed by atoms with van der Waals surface area (Å²) in [7, 11) is 0. The summed E-state index contributed by atoms with van der Waals surface area (Å²) < 4.78 is 0. The van der Waals surface area contributed by atoms with E-state index >= 15 is 0 Å². The molecule has 0 saturated carbocycles. The second-order valence-electron chi connectivity index (χ2n) is 1.92. The number of nitrogens with zero attached hydrogens (tertiary/aromatic N) is 1. The van der Waals surface area contributed by atoms with Crippen molar-refractivity contribution in [3.8, 4) is 0 Å². The van der Waals surface area contributed by atoms with Crippen LogP contribution in [-0.2, 0) is 9.59 Å². The van der Waals surface area contributed by atoms with Gasteiger partial charge >= 0.3 is 0 Å². The molecule has 0 heterocycles. The van der Waals surface area contributed by atoms with Gasteiger partial charge in [-0.15, -0.1) is 0 Å². The number of hydrogen-bond acceptors (Lipinski definition) is 2. The minimum absolute atomic E-state index is 0.0278. The van der Waals surface area contributed by atoms with E-state index in [1.807, 2.05) is 13.8 Å². The molecule has 0 bridgehead atoms. The Morgan fingerprint density at radius 3 is 2.00 bits per heavy atom. The molecule has 9 heavy (non-hydrogen) atoms. The van der Waals surface area contributed by atoms with Gasteiger partial charge in [-0.2, -0.15) is 0 Å². The highest BCUT2D eigenvalue weighted by Crippen LogP contribution is 1.95. The van der Waals surface area contributed by atoms with Crippen LogP contribution in [0.1, 0.15) is 20.3 Å². The van der Waals surface area contributed by atoms with Gasteiger partial charge in [-0.05, 0) is 13.3 Å². The first-order chi connectivity index (χ1) is 4.26. The molecule has 0 aromatic rings. The Hall–Kier alpha value is -0.860. The van der Waals surface area contributed by atoms with Gasteiger partial charge in [0.05, 0.1) is 0 Å². The van der Waals surface area contributed by atoms with E-state index in [1.165, 1.54) is 0 Å². The van der Waals surface area contributed by atoms with Crippen LogP contribution in [0.25, 0.3) is 0 Å². The highest BCUT2D eigenvalue weighted by molar-refractivity contribution is 5.68. The second-order valence-corrected chi connectivity index (χ2v) is 1.92. The molecule has 52 valence electrons. The van der Waals surface area contributed by atoms with E-state index < -0.39 is 0 Å². The molecule has 0 spiro atoms. The fourth-order valence-electron chi connectivity index (χ4n) is 0.443. The van der Waals surface area contributed by atoms with Crippen molar-refractivity contribution in [1.29, 1.82) is 0 Å². The molecule has 3 nitrogen and oxygen atoms in total. The number of amides is 2. The van der Waals surface area contributed by atoms with Crippen molar-refractivity contribution >= 4 is 12.8 Å². The fourth-order valence-corrected chi connectivity index (χ4v) is 0.443. The van der Waals surface area contributed by atoms with Crippen LogP contribution in [-0.4, -0.2) is 23.8 Å². The molecule has 0 rings (SSSR count). The maximum Gasteiger partial charge on any atom is 0.216 e. The third kappa shape index (κ3) is 2.26. The molecule has 1 unspecified atom stereocenters. The lowest BCUT2D eigenvalue weighted by Gasteiger charge is -2.15. The summed E-state index contributed by atoms with van der Waals surface area (Å²) in [6.45, 7) is 3.74. The smallest absolute Gasteiger partial charge is 0.216 e. The number of imide groups is 1. The molecular weight excluding hydrogens is 118 g/mol. The van der Waals surface area contributed by atoms with Gasteiger partial charge in [-0.25, -0.2) is 0 Å². The molecule has 1 atom stereocenters. The van der Waals surface area contributed by atoms with Gasteiger partial charge in [-0.3, -0.25) is 14.5 Å². The van der Waals surface area contributed by atoms with E-state index in [-0.39, 0.29) is 6.04 Å². The average molecular weight is 129 g/mol. The van der Waals surface area contributed by atoms with E-state index in [2.05, 4.69) is 0 Å². The minimum Gasteiger partial charge on any atom is -0.285 e. The Kier molecular flexibility index (Phi) is 3.67. The first-order valence-electron chi connectivity index (χ1n) is 2.94. The molecular formula is C6H11NO2. The Bertz CT molecular complexity index is 95.2. The normalized spacial score (nSPS) is 12.2. The lowest BCUT2D eigenvalue weighted by atomic mass is 10.2. The summed E-state index contributed by atoms with van der Waals surface area (Å²) in [6, 6.07) is 0.0278. The zero-order chi connectivity index (χ0) is 7.28. The molecule has 3 heteroatoms. The largest absolute Gasteiger partial charge is 0.285 e. The van der Waals surface area contributed by atoms with Crippen LogP contribution in [0.2, 0.25) is 0 Å². The zero-order valence-corrected chi connectivity index (χ0v) is 5.70. The summed E-state index contributed by atoms with van der Waals surface area (Å²) >= 11 is 0. The highest BCUT2D eigenvalue weighted by atomic mass is 16.2. The van der Waals surface area contributed by atoms with Gasteiger partial charge in [0, 0.05) is 6.04 Å². The van der Waals surface area contributed by atoms with Crippen LogP contribution in [0.3, 0.4) is 0 Å². The van der Waals surface area contributed by atoms with Gasteiger partial charge in [-0.1, -0.05) is 6.92 Å². The molecule has 0 aliphatic rings. The van der Waals surface area contributed by atoms with E-state index in [4.69, 9.17) is 0 Å². The molecule has 0 N–H and O–H groups in total. The molecule has 0 aliphatic carbocycles. The van der Waals surface area contributed by atoms with Gasteiger partial charge in [0.15, 0.2) is 0 Å². The molecule has 0 radical (unpaired) electrons. The number of carbonyl (C=O) groups is 2. The molecule has 2 amide bonds. The molecule has 0 aromatic carbocycles. The van der Waals surface area contributed by atoms with Crippen LogP contribution in [0.5, 0.6) is 0 Å². The Morgan fingerprint density at radius 2 is 1.89 bits per heavy atom.